The molecule has 28 heavy (non-hydrogen) atoms. The Balaban J connectivity index is 1.90. The topological polar surface area (TPSA) is 32.3 Å². The number of nitrogens with zero attached hydrogens (tertiary/aromatic N) is 1. The molecule has 0 bridgehead atoms. The molecule has 0 unspecified atom stereocenters. The van der Waals surface area contributed by atoms with Gasteiger partial charge in [0.1, 0.15) is 11.5 Å². The lowest BCUT2D eigenvalue weighted by Crippen LogP contribution is -2.48. The Hall–Kier alpha value is -1.70. The first kappa shape index (κ1) is 22.6. The fourth-order valence-corrected chi connectivity index (χ4v) is 3.07. The van der Waals surface area contributed by atoms with E-state index in [1.807, 2.05) is 0 Å². The van der Waals surface area contributed by atoms with Crippen LogP contribution < -0.4 is 5.32 Å². The van der Waals surface area contributed by atoms with Gasteiger partial charge in [-0.3, -0.25) is 4.79 Å². The standard InChI is InChI=1S/C20H27F5N2O/c1-18(2,3)4-7-27-8-5-19(22,6-9-27)13-26-17(28)14-10-15(20(23,24)25)12-16(21)11-14/h10-12H,4-9,13H2,1-3H3,(H,26,28). The van der Waals surface area contributed by atoms with Gasteiger partial charge in [0.05, 0.1) is 12.1 Å². The summed E-state index contributed by atoms with van der Waals surface area (Å²) < 4.78 is 66.7. The Morgan fingerprint density at radius 2 is 1.75 bits per heavy atom. The Bertz CT molecular complexity index is 689. The fourth-order valence-electron chi connectivity index (χ4n) is 3.07. The summed E-state index contributed by atoms with van der Waals surface area (Å²) in [6, 6.07) is 1.60. The van der Waals surface area contributed by atoms with Crippen molar-refractivity contribution in [2.24, 2.45) is 5.41 Å². The van der Waals surface area contributed by atoms with E-state index in [4.69, 9.17) is 0 Å². The van der Waals surface area contributed by atoms with Crippen molar-refractivity contribution in [2.45, 2.75) is 51.9 Å². The van der Waals surface area contributed by atoms with E-state index < -0.39 is 34.7 Å². The van der Waals surface area contributed by atoms with Crippen LogP contribution >= 0.6 is 0 Å². The number of likely N-dealkylation sites (tertiary alicyclic amines) is 1. The minimum Gasteiger partial charge on any atom is -0.349 e. The molecule has 1 aliphatic rings. The zero-order chi connectivity index (χ0) is 21.2. The second kappa shape index (κ2) is 8.35. The molecule has 1 saturated heterocycles. The summed E-state index contributed by atoms with van der Waals surface area (Å²) >= 11 is 0. The molecule has 1 amide bonds. The van der Waals surface area contributed by atoms with Crippen molar-refractivity contribution >= 4 is 5.91 Å². The van der Waals surface area contributed by atoms with Crippen LogP contribution in [0.2, 0.25) is 0 Å². The normalized spacial score (nSPS) is 18.1. The third-order valence-corrected chi connectivity index (χ3v) is 4.98. The molecule has 0 spiro atoms. The van der Waals surface area contributed by atoms with Crippen LogP contribution in [-0.2, 0) is 6.18 Å². The zero-order valence-corrected chi connectivity index (χ0v) is 16.4. The van der Waals surface area contributed by atoms with Gasteiger partial charge in [-0.05, 0) is 49.4 Å². The number of rotatable bonds is 5. The molecule has 1 fully saturated rings. The van der Waals surface area contributed by atoms with Crippen molar-refractivity contribution in [2.75, 3.05) is 26.2 Å². The van der Waals surface area contributed by atoms with Crippen LogP contribution in [0.4, 0.5) is 22.0 Å². The predicted molar refractivity (Wildman–Crippen MR) is 97.3 cm³/mol. The van der Waals surface area contributed by atoms with E-state index in [0.717, 1.165) is 13.0 Å². The highest BCUT2D eigenvalue weighted by Gasteiger charge is 2.36. The first-order valence-electron chi connectivity index (χ1n) is 9.35. The van der Waals surface area contributed by atoms with Gasteiger partial charge >= 0.3 is 6.18 Å². The van der Waals surface area contributed by atoms with Crippen LogP contribution in [-0.4, -0.2) is 42.7 Å². The maximum absolute atomic E-state index is 14.9. The van der Waals surface area contributed by atoms with E-state index in [-0.39, 0.29) is 24.8 Å². The van der Waals surface area contributed by atoms with Gasteiger partial charge in [0.25, 0.3) is 5.91 Å². The number of alkyl halides is 4. The van der Waals surface area contributed by atoms with E-state index in [1.165, 1.54) is 0 Å². The molecule has 1 N–H and O–H groups in total. The Morgan fingerprint density at radius 1 is 1.14 bits per heavy atom. The van der Waals surface area contributed by atoms with Crippen molar-refractivity contribution in [3.63, 3.8) is 0 Å². The molecule has 1 aromatic carbocycles. The molecule has 158 valence electrons. The first-order valence-corrected chi connectivity index (χ1v) is 9.35. The fraction of sp³-hybridized carbons (Fsp3) is 0.650. The summed E-state index contributed by atoms with van der Waals surface area (Å²) in [7, 11) is 0. The molecule has 0 aromatic heterocycles. The minimum absolute atomic E-state index is 0.193. The number of halogens is 5. The summed E-state index contributed by atoms with van der Waals surface area (Å²) in [4.78, 5) is 14.3. The number of amides is 1. The quantitative estimate of drug-likeness (QED) is 0.712. The van der Waals surface area contributed by atoms with Crippen molar-refractivity contribution in [3.05, 3.63) is 35.1 Å². The maximum Gasteiger partial charge on any atom is 0.416 e. The molecule has 1 aromatic rings. The van der Waals surface area contributed by atoms with Gasteiger partial charge in [-0.1, -0.05) is 20.8 Å². The van der Waals surface area contributed by atoms with E-state index in [1.54, 1.807) is 0 Å². The molecule has 3 nitrogen and oxygen atoms in total. The number of hydrogen-bond acceptors (Lipinski definition) is 2. The van der Waals surface area contributed by atoms with E-state index >= 15 is 0 Å². The van der Waals surface area contributed by atoms with Crippen LogP contribution in [0.15, 0.2) is 18.2 Å². The Labute approximate surface area is 162 Å². The summed E-state index contributed by atoms with van der Waals surface area (Å²) in [5.41, 5.74) is -3.15. The van der Waals surface area contributed by atoms with E-state index in [0.29, 0.717) is 31.3 Å². The molecule has 0 aliphatic carbocycles. The molecule has 1 heterocycles. The van der Waals surface area contributed by atoms with Crippen LogP contribution in [0.25, 0.3) is 0 Å². The highest BCUT2D eigenvalue weighted by Crippen LogP contribution is 2.31. The number of piperidine rings is 1. The van der Waals surface area contributed by atoms with Crippen molar-refractivity contribution in [1.82, 2.24) is 10.2 Å². The smallest absolute Gasteiger partial charge is 0.349 e. The van der Waals surface area contributed by atoms with Crippen LogP contribution in [0.5, 0.6) is 0 Å². The highest BCUT2D eigenvalue weighted by atomic mass is 19.4. The second-order valence-electron chi connectivity index (χ2n) is 8.71. The molecule has 2 rings (SSSR count). The lowest BCUT2D eigenvalue weighted by Gasteiger charge is -2.37. The summed E-state index contributed by atoms with van der Waals surface area (Å²) in [5, 5.41) is 2.32. The number of carbonyl (C=O) groups excluding carboxylic acids is 1. The van der Waals surface area contributed by atoms with Gasteiger partial charge in [-0.2, -0.15) is 13.2 Å². The van der Waals surface area contributed by atoms with Gasteiger partial charge in [0.2, 0.25) is 0 Å². The lowest BCUT2D eigenvalue weighted by molar-refractivity contribution is -0.137. The monoisotopic (exact) mass is 406 g/mol. The lowest BCUT2D eigenvalue weighted by atomic mass is 9.90. The molecule has 1 aliphatic heterocycles. The van der Waals surface area contributed by atoms with Crippen LogP contribution in [0, 0.1) is 11.2 Å². The average Bonchev–Trinajstić information content (AvgIpc) is 2.57. The van der Waals surface area contributed by atoms with Crippen molar-refractivity contribution in [1.29, 1.82) is 0 Å². The first-order chi connectivity index (χ1) is 12.8. The SMILES string of the molecule is CC(C)(C)CCN1CCC(F)(CNC(=O)c2cc(F)cc(C(F)(F)F)c2)CC1. The molecule has 8 heteroatoms. The van der Waals surface area contributed by atoms with Gasteiger partial charge in [0.15, 0.2) is 0 Å². The largest absolute Gasteiger partial charge is 0.416 e. The Kier molecular flexibility index (Phi) is 6.74. The third kappa shape index (κ3) is 6.72. The van der Waals surface area contributed by atoms with E-state index in [9.17, 15) is 26.7 Å². The Morgan fingerprint density at radius 3 is 2.29 bits per heavy atom. The average molecular weight is 406 g/mol. The van der Waals surface area contributed by atoms with E-state index in [2.05, 4.69) is 31.0 Å². The summed E-state index contributed by atoms with van der Waals surface area (Å²) in [5.74, 6) is -2.08. The maximum atomic E-state index is 14.9. The molecular formula is C20H27F5N2O. The van der Waals surface area contributed by atoms with Crippen LogP contribution in [0.1, 0.15) is 56.0 Å². The number of benzene rings is 1. The molecular weight excluding hydrogens is 379 g/mol. The summed E-state index contributed by atoms with van der Waals surface area (Å²) in [6.07, 6.45) is -3.31. The second-order valence-corrected chi connectivity index (χ2v) is 8.71. The van der Waals surface area contributed by atoms with Gasteiger partial charge < -0.3 is 10.2 Å². The third-order valence-electron chi connectivity index (χ3n) is 4.98. The molecule has 0 atom stereocenters. The highest BCUT2D eigenvalue weighted by molar-refractivity contribution is 5.94. The summed E-state index contributed by atoms with van der Waals surface area (Å²) in [6.45, 7) is 8.10. The molecule has 0 radical (unpaired) electrons. The van der Waals surface area contributed by atoms with Crippen molar-refractivity contribution < 1.29 is 26.7 Å². The van der Waals surface area contributed by atoms with Crippen LogP contribution in [0.3, 0.4) is 0 Å². The number of carbonyl (C=O) groups is 1. The predicted octanol–water partition coefficient (Wildman–Crippen LogP) is 4.81. The van der Waals surface area contributed by atoms with Gasteiger partial charge in [-0.25, -0.2) is 8.78 Å². The van der Waals surface area contributed by atoms with Gasteiger partial charge in [0, 0.05) is 18.7 Å². The minimum atomic E-state index is -4.77. The van der Waals surface area contributed by atoms with Crippen molar-refractivity contribution in [3.8, 4) is 0 Å². The zero-order valence-electron chi connectivity index (χ0n) is 16.4. The molecule has 0 saturated carbocycles. The van der Waals surface area contributed by atoms with Gasteiger partial charge in [-0.15, -0.1) is 0 Å². The number of nitrogens with one attached hydrogen (secondary N) is 1. The number of hydrogen-bond donors (Lipinski definition) is 1.